The van der Waals surface area contributed by atoms with E-state index in [4.69, 9.17) is 0 Å². The molecule has 19 heavy (non-hydrogen) atoms. The van der Waals surface area contributed by atoms with Crippen LogP contribution in [0, 0.1) is 0 Å². The van der Waals surface area contributed by atoms with Gasteiger partial charge in [0, 0.05) is 25.9 Å². The fourth-order valence-corrected chi connectivity index (χ4v) is 2.88. The zero-order valence-corrected chi connectivity index (χ0v) is 13.0. The van der Waals surface area contributed by atoms with Crippen molar-refractivity contribution in [1.82, 2.24) is 0 Å². The number of carbonyl (C=O) groups is 1. The highest BCUT2D eigenvalue weighted by Crippen LogP contribution is 2.35. The molecule has 2 aromatic rings. The predicted molar refractivity (Wildman–Crippen MR) is 83.3 cm³/mol. The fraction of sp³-hybridized carbons (Fsp3) is 0.0714. The van der Waals surface area contributed by atoms with Crippen LogP contribution in [0.25, 0.3) is 0 Å². The molecule has 3 rings (SSSR count). The summed E-state index contributed by atoms with van der Waals surface area (Å²) in [7, 11) is 0. The van der Waals surface area contributed by atoms with Gasteiger partial charge in [-0.1, -0.05) is 44.0 Å². The molecule has 0 saturated heterocycles. The number of carbonyl (C=O) groups excluding carboxylic acids is 1. The lowest BCUT2D eigenvalue weighted by atomic mass is 10.1. The van der Waals surface area contributed by atoms with Crippen LogP contribution < -0.4 is 10.6 Å². The number of hydrogen-bond acceptors (Lipinski definition) is 2. The van der Waals surface area contributed by atoms with Gasteiger partial charge in [-0.05, 0) is 30.3 Å². The highest BCUT2D eigenvalue weighted by Gasteiger charge is 2.30. The monoisotopic (exact) mass is 380 g/mol. The minimum atomic E-state index is -0.350. The maximum atomic E-state index is 12.0. The van der Waals surface area contributed by atoms with E-state index in [1.807, 2.05) is 42.5 Å². The smallest absolute Gasteiger partial charge is 0.251 e. The molecule has 0 radical (unpaired) electrons. The molecule has 1 unspecified atom stereocenters. The first-order valence-electron chi connectivity index (χ1n) is 5.76. The van der Waals surface area contributed by atoms with E-state index in [2.05, 4.69) is 42.5 Å². The highest BCUT2D eigenvalue weighted by molar-refractivity contribution is 9.10. The third-order valence-corrected chi connectivity index (χ3v) is 3.97. The van der Waals surface area contributed by atoms with E-state index in [0.717, 1.165) is 25.9 Å². The molecule has 3 nitrogen and oxygen atoms in total. The third kappa shape index (κ3) is 2.53. The quantitative estimate of drug-likeness (QED) is 0.813. The van der Waals surface area contributed by atoms with Gasteiger partial charge in [0.1, 0.15) is 6.04 Å². The van der Waals surface area contributed by atoms with Gasteiger partial charge in [-0.15, -0.1) is 0 Å². The molecule has 0 bridgehead atoms. The molecule has 1 atom stereocenters. The van der Waals surface area contributed by atoms with Crippen LogP contribution in [0.4, 0.5) is 11.4 Å². The number of benzene rings is 2. The summed E-state index contributed by atoms with van der Waals surface area (Å²) in [5.74, 6) is -0.0342. The maximum absolute atomic E-state index is 12.0. The molecule has 1 amide bonds. The Morgan fingerprint density at radius 1 is 1.05 bits per heavy atom. The van der Waals surface area contributed by atoms with Gasteiger partial charge < -0.3 is 10.6 Å². The van der Waals surface area contributed by atoms with Crippen LogP contribution in [0.15, 0.2) is 51.4 Å². The fourth-order valence-electron chi connectivity index (χ4n) is 2.12. The summed E-state index contributed by atoms with van der Waals surface area (Å²) in [6.45, 7) is 0. The summed E-state index contributed by atoms with van der Waals surface area (Å²) in [5, 5.41) is 6.13. The molecule has 2 N–H and O–H groups in total. The molecule has 1 heterocycles. The summed E-state index contributed by atoms with van der Waals surface area (Å²) in [4.78, 5) is 12.0. The normalized spacial score (nSPS) is 16.9. The van der Waals surface area contributed by atoms with Crippen molar-refractivity contribution in [2.45, 2.75) is 6.04 Å². The molecule has 0 saturated carbocycles. The van der Waals surface area contributed by atoms with Gasteiger partial charge in [-0.3, -0.25) is 4.79 Å². The largest absolute Gasteiger partial charge is 0.370 e. The Labute approximate surface area is 127 Å². The SMILES string of the molecule is O=C1Nc2cc(Br)ccc2C1Nc1cccc(Br)c1. The van der Waals surface area contributed by atoms with Gasteiger partial charge in [0.25, 0.3) is 5.91 Å². The van der Waals surface area contributed by atoms with Crippen molar-refractivity contribution >= 4 is 49.1 Å². The number of anilines is 2. The van der Waals surface area contributed by atoms with Crippen LogP contribution in [0.5, 0.6) is 0 Å². The van der Waals surface area contributed by atoms with Gasteiger partial charge in [0.05, 0.1) is 0 Å². The molecule has 0 fully saturated rings. The van der Waals surface area contributed by atoms with E-state index in [0.29, 0.717) is 0 Å². The summed E-state index contributed by atoms with van der Waals surface area (Å²) in [6.07, 6.45) is 0. The minimum absolute atomic E-state index is 0.0342. The zero-order chi connectivity index (χ0) is 13.4. The van der Waals surface area contributed by atoms with E-state index < -0.39 is 0 Å². The Morgan fingerprint density at radius 3 is 2.63 bits per heavy atom. The van der Waals surface area contributed by atoms with E-state index in [1.54, 1.807) is 0 Å². The van der Waals surface area contributed by atoms with Crippen molar-refractivity contribution in [3.8, 4) is 0 Å². The van der Waals surface area contributed by atoms with Crippen LogP contribution in [0.2, 0.25) is 0 Å². The molecule has 96 valence electrons. The van der Waals surface area contributed by atoms with Crippen molar-refractivity contribution in [2.24, 2.45) is 0 Å². The third-order valence-electron chi connectivity index (χ3n) is 2.98. The first-order chi connectivity index (χ1) is 9.13. The number of rotatable bonds is 2. The molecule has 1 aliphatic rings. The Morgan fingerprint density at radius 2 is 1.84 bits per heavy atom. The predicted octanol–water partition coefficient (Wildman–Crippen LogP) is 4.32. The molecule has 0 aliphatic carbocycles. The van der Waals surface area contributed by atoms with Gasteiger partial charge in [-0.2, -0.15) is 0 Å². The molecule has 1 aliphatic heterocycles. The first kappa shape index (κ1) is 12.7. The zero-order valence-electron chi connectivity index (χ0n) is 9.78. The Kier molecular flexibility index (Phi) is 3.33. The lowest BCUT2D eigenvalue weighted by Gasteiger charge is -2.13. The average Bonchev–Trinajstić information content (AvgIpc) is 2.65. The number of nitrogens with one attached hydrogen (secondary N) is 2. The van der Waals surface area contributed by atoms with Crippen molar-refractivity contribution in [3.63, 3.8) is 0 Å². The van der Waals surface area contributed by atoms with Crippen LogP contribution >= 0.6 is 31.9 Å². The summed E-state index contributed by atoms with van der Waals surface area (Å²) >= 11 is 6.82. The van der Waals surface area contributed by atoms with Crippen molar-refractivity contribution in [2.75, 3.05) is 10.6 Å². The first-order valence-corrected chi connectivity index (χ1v) is 7.34. The second-order valence-corrected chi connectivity index (χ2v) is 6.14. The van der Waals surface area contributed by atoms with Gasteiger partial charge in [0.2, 0.25) is 0 Å². The van der Waals surface area contributed by atoms with E-state index in [1.165, 1.54) is 0 Å². The average molecular weight is 382 g/mol. The highest BCUT2D eigenvalue weighted by atomic mass is 79.9. The topological polar surface area (TPSA) is 41.1 Å². The molecule has 0 aromatic heterocycles. The van der Waals surface area contributed by atoms with E-state index in [-0.39, 0.29) is 11.9 Å². The molecule has 2 aromatic carbocycles. The van der Waals surface area contributed by atoms with Crippen molar-refractivity contribution in [1.29, 1.82) is 0 Å². The Hall–Kier alpha value is -1.33. The minimum Gasteiger partial charge on any atom is -0.370 e. The second-order valence-electron chi connectivity index (χ2n) is 4.31. The van der Waals surface area contributed by atoms with Gasteiger partial charge in [0.15, 0.2) is 0 Å². The van der Waals surface area contributed by atoms with Crippen LogP contribution in [0.1, 0.15) is 11.6 Å². The van der Waals surface area contributed by atoms with E-state index >= 15 is 0 Å². The molecule has 0 spiro atoms. The standard InChI is InChI=1S/C14H10Br2N2O/c15-8-2-1-3-10(6-8)17-13-11-5-4-9(16)7-12(11)18-14(13)19/h1-7,13,17H,(H,18,19). The molecule has 5 heteroatoms. The lowest BCUT2D eigenvalue weighted by Crippen LogP contribution is -2.19. The van der Waals surface area contributed by atoms with Crippen LogP contribution in [-0.4, -0.2) is 5.91 Å². The Bertz CT molecular complexity index is 658. The Balaban J connectivity index is 1.92. The summed E-state index contributed by atoms with van der Waals surface area (Å²) in [5.41, 5.74) is 2.73. The summed E-state index contributed by atoms with van der Waals surface area (Å²) in [6, 6.07) is 13.2. The van der Waals surface area contributed by atoms with E-state index in [9.17, 15) is 4.79 Å². The van der Waals surface area contributed by atoms with Crippen molar-refractivity contribution in [3.05, 3.63) is 57.0 Å². The summed E-state index contributed by atoms with van der Waals surface area (Å²) < 4.78 is 1.93. The lowest BCUT2D eigenvalue weighted by molar-refractivity contribution is -0.116. The van der Waals surface area contributed by atoms with Gasteiger partial charge in [-0.25, -0.2) is 0 Å². The van der Waals surface area contributed by atoms with Crippen LogP contribution in [-0.2, 0) is 4.79 Å². The number of fused-ring (bicyclic) bond motifs is 1. The number of halogens is 2. The maximum Gasteiger partial charge on any atom is 0.251 e. The molecular weight excluding hydrogens is 372 g/mol. The number of amides is 1. The second kappa shape index (κ2) is 4.98. The van der Waals surface area contributed by atoms with Crippen molar-refractivity contribution < 1.29 is 4.79 Å². The van der Waals surface area contributed by atoms with Gasteiger partial charge >= 0.3 is 0 Å². The number of hydrogen-bond donors (Lipinski definition) is 2. The molecular formula is C14H10Br2N2O. The van der Waals surface area contributed by atoms with Crippen LogP contribution in [0.3, 0.4) is 0 Å².